The van der Waals surface area contributed by atoms with E-state index in [0.717, 1.165) is 30.8 Å². The molecule has 1 aromatic heterocycles. The van der Waals surface area contributed by atoms with E-state index in [1.54, 1.807) is 0 Å². The Morgan fingerprint density at radius 3 is 2.71 bits per heavy atom. The van der Waals surface area contributed by atoms with Gasteiger partial charge in [0.2, 0.25) is 0 Å². The molecule has 0 saturated heterocycles. The molecule has 1 saturated carbocycles. The van der Waals surface area contributed by atoms with Gasteiger partial charge >= 0.3 is 0 Å². The minimum absolute atomic E-state index is 0.491. The molecular formula is C13H22N2O2. The maximum Gasteiger partial charge on any atom is 0.0909 e. The van der Waals surface area contributed by atoms with E-state index < -0.39 is 11.7 Å². The molecule has 96 valence electrons. The smallest absolute Gasteiger partial charge is 0.0909 e. The van der Waals surface area contributed by atoms with Gasteiger partial charge in [-0.05, 0) is 32.8 Å². The monoisotopic (exact) mass is 238 g/mol. The Hall–Kier alpha value is -0.870. The molecule has 0 amide bonds. The normalized spacial score (nSPS) is 20.7. The van der Waals surface area contributed by atoms with Crippen molar-refractivity contribution in [2.75, 3.05) is 0 Å². The zero-order chi connectivity index (χ0) is 12.5. The largest absolute Gasteiger partial charge is 0.390 e. The first kappa shape index (κ1) is 12.6. The summed E-state index contributed by atoms with van der Waals surface area (Å²) < 4.78 is 1.90. The number of rotatable bonds is 4. The molecular weight excluding hydrogens is 216 g/mol. The number of hydrogen-bond acceptors (Lipinski definition) is 3. The van der Waals surface area contributed by atoms with Gasteiger partial charge < -0.3 is 10.2 Å². The van der Waals surface area contributed by atoms with E-state index in [1.807, 2.05) is 24.6 Å². The van der Waals surface area contributed by atoms with Crippen LogP contribution in [0.25, 0.3) is 0 Å². The topological polar surface area (TPSA) is 58.3 Å². The van der Waals surface area contributed by atoms with E-state index in [4.69, 9.17) is 0 Å². The van der Waals surface area contributed by atoms with Crippen molar-refractivity contribution < 1.29 is 10.2 Å². The lowest BCUT2D eigenvalue weighted by molar-refractivity contribution is -0.0696. The number of hydrogen-bond donors (Lipinski definition) is 2. The minimum atomic E-state index is -0.878. The van der Waals surface area contributed by atoms with E-state index in [-0.39, 0.29) is 0 Å². The Morgan fingerprint density at radius 2 is 2.12 bits per heavy atom. The molecule has 1 unspecified atom stereocenters. The van der Waals surface area contributed by atoms with Gasteiger partial charge in [-0.1, -0.05) is 12.8 Å². The number of aryl methyl sites for hydroxylation is 2. The van der Waals surface area contributed by atoms with Gasteiger partial charge in [0.25, 0.3) is 0 Å². The molecule has 1 aromatic rings. The van der Waals surface area contributed by atoms with Gasteiger partial charge in [0.1, 0.15) is 0 Å². The fraction of sp³-hybridized carbons (Fsp3) is 0.769. The van der Waals surface area contributed by atoms with E-state index >= 15 is 0 Å². The van der Waals surface area contributed by atoms with Crippen LogP contribution in [0.1, 0.15) is 44.0 Å². The Labute approximate surface area is 102 Å². The van der Waals surface area contributed by atoms with Gasteiger partial charge in [0.05, 0.1) is 17.4 Å². The summed E-state index contributed by atoms with van der Waals surface area (Å²) in [5, 5.41) is 24.9. The zero-order valence-electron chi connectivity index (χ0n) is 10.7. The molecule has 1 heterocycles. The lowest BCUT2D eigenvalue weighted by atomic mass is 9.91. The Kier molecular flexibility index (Phi) is 3.54. The van der Waals surface area contributed by atoms with E-state index in [1.165, 1.54) is 0 Å². The summed E-state index contributed by atoms with van der Waals surface area (Å²) in [6.07, 6.45) is 3.28. The standard InChI is InChI=1S/C13H22N2O2/c1-3-15-11(8-10(2)14-15)9-12(16)13(17)6-4-5-7-13/h8,12,16-17H,3-7,9H2,1-2H3. The van der Waals surface area contributed by atoms with Gasteiger partial charge in [-0.3, -0.25) is 4.68 Å². The molecule has 17 heavy (non-hydrogen) atoms. The number of nitrogens with zero attached hydrogens (tertiary/aromatic N) is 2. The molecule has 4 heteroatoms. The molecule has 2 N–H and O–H groups in total. The molecule has 0 aliphatic heterocycles. The van der Waals surface area contributed by atoms with Crippen molar-refractivity contribution in [3.05, 3.63) is 17.5 Å². The minimum Gasteiger partial charge on any atom is -0.390 e. The van der Waals surface area contributed by atoms with Crippen LogP contribution in [0, 0.1) is 6.92 Å². The van der Waals surface area contributed by atoms with Crippen LogP contribution >= 0.6 is 0 Å². The molecule has 1 aliphatic rings. The van der Waals surface area contributed by atoms with Gasteiger partial charge in [-0.15, -0.1) is 0 Å². The first-order chi connectivity index (χ1) is 8.05. The molecule has 0 aromatic carbocycles. The summed E-state index contributed by atoms with van der Waals surface area (Å²) in [5.41, 5.74) is 1.10. The second-order valence-corrected chi connectivity index (χ2v) is 5.12. The van der Waals surface area contributed by atoms with Crippen LogP contribution in [0.4, 0.5) is 0 Å². The van der Waals surface area contributed by atoms with Crippen LogP contribution in [0.3, 0.4) is 0 Å². The number of aromatic nitrogens is 2. The highest BCUT2D eigenvalue weighted by atomic mass is 16.3. The van der Waals surface area contributed by atoms with E-state index in [9.17, 15) is 10.2 Å². The maximum absolute atomic E-state index is 10.3. The lowest BCUT2D eigenvalue weighted by Gasteiger charge is -2.28. The Bertz CT molecular complexity index is 381. The van der Waals surface area contributed by atoms with Crippen LogP contribution < -0.4 is 0 Å². The van der Waals surface area contributed by atoms with Crippen molar-refractivity contribution in [2.24, 2.45) is 0 Å². The maximum atomic E-state index is 10.3. The van der Waals surface area contributed by atoms with Crippen LogP contribution in [0.2, 0.25) is 0 Å². The fourth-order valence-corrected chi connectivity index (χ4v) is 2.75. The van der Waals surface area contributed by atoms with Crippen molar-refractivity contribution in [2.45, 2.75) is 64.2 Å². The van der Waals surface area contributed by atoms with Gasteiger partial charge in [-0.25, -0.2) is 0 Å². The first-order valence-electron chi connectivity index (χ1n) is 6.49. The summed E-state index contributed by atoms with van der Waals surface area (Å²) >= 11 is 0. The second kappa shape index (κ2) is 4.78. The highest BCUT2D eigenvalue weighted by Crippen LogP contribution is 2.33. The predicted octanol–water partition coefficient (Wildman–Crippen LogP) is 1.42. The molecule has 2 rings (SSSR count). The molecule has 4 nitrogen and oxygen atoms in total. The van der Waals surface area contributed by atoms with E-state index in [2.05, 4.69) is 5.10 Å². The van der Waals surface area contributed by atoms with Crippen LogP contribution in [0.15, 0.2) is 6.07 Å². The van der Waals surface area contributed by atoms with Crippen LogP contribution in [0.5, 0.6) is 0 Å². The molecule has 0 spiro atoms. The van der Waals surface area contributed by atoms with Crippen molar-refractivity contribution >= 4 is 0 Å². The first-order valence-corrected chi connectivity index (χ1v) is 6.49. The van der Waals surface area contributed by atoms with Crippen molar-refractivity contribution in [3.8, 4) is 0 Å². The highest BCUT2D eigenvalue weighted by molar-refractivity contribution is 5.11. The van der Waals surface area contributed by atoms with Crippen LogP contribution in [-0.4, -0.2) is 31.7 Å². The lowest BCUT2D eigenvalue weighted by Crippen LogP contribution is -2.41. The molecule has 1 fully saturated rings. The Morgan fingerprint density at radius 1 is 1.47 bits per heavy atom. The average Bonchev–Trinajstić information content (AvgIpc) is 2.86. The SMILES string of the molecule is CCn1nc(C)cc1CC(O)C1(O)CCCC1. The van der Waals surface area contributed by atoms with Gasteiger partial charge in [0, 0.05) is 18.7 Å². The third-order valence-corrected chi connectivity index (χ3v) is 3.78. The van der Waals surface area contributed by atoms with Crippen molar-refractivity contribution in [1.82, 2.24) is 9.78 Å². The molecule has 0 radical (unpaired) electrons. The van der Waals surface area contributed by atoms with Gasteiger partial charge in [0.15, 0.2) is 0 Å². The second-order valence-electron chi connectivity index (χ2n) is 5.12. The molecule has 1 aliphatic carbocycles. The van der Waals surface area contributed by atoms with E-state index in [0.29, 0.717) is 19.3 Å². The molecule has 0 bridgehead atoms. The highest BCUT2D eigenvalue weighted by Gasteiger charge is 2.38. The predicted molar refractivity (Wildman–Crippen MR) is 65.8 cm³/mol. The van der Waals surface area contributed by atoms with Crippen molar-refractivity contribution in [1.29, 1.82) is 0 Å². The third-order valence-electron chi connectivity index (χ3n) is 3.78. The summed E-state index contributed by atoms with van der Waals surface area (Å²) in [7, 11) is 0. The summed E-state index contributed by atoms with van der Waals surface area (Å²) in [4.78, 5) is 0. The molecule has 1 atom stereocenters. The average molecular weight is 238 g/mol. The summed E-state index contributed by atoms with van der Waals surface area (Å²) in [5.74, 6) is 0. The van der Waals surface area contributed by atoms with Crippen molar-refractivity contribution in [3.63, 3.8) is 0 Å². The van der Waals surface area contributed by atoms with Crippen LogP contribution in [-0.2, 0) is 13.0 Å². The van der Waals surface area contributed by atoms with Gasteiger partial charge in [-0.2, -0.15) is 5.10 Å². The Balaban J connectivity index is 2.09. The fourth-order valence-electron chi connectivity index (χ4n) is 2.75. The number of aliphatic hydroxyl groups is 2. The zero-order valence-corrected chi connectivity index (χ0v) is 10.7. The number of aliphatic hydroxyl groups excluding tert-OH is 1. The third kappa shape index (κ3) is 2.53. The quantitative estimate of drug-likeness (QED) is 0.834. The summed E-state index contributed by atoms with van der Waals surface area (Å²) in [6, 6.07) is 1.99. The summed E-state index contributed by atoms with van der Waals surface area (Å²) in [6.45, 7) is 4.78.